The monoisotopic (exact) mass is 328 g/mol. The Kier molecular flexibility index (Phi) is 14.9. The average Bonchev–Trinajstić information content (AvgIpc) is 2.34. The fraction of sp³-hybridized carbons (Fsp3) is 0.571. The zero-order valence-electron chi connectivity index (χ0n) is 13.8. The molecule has 5 nitrogen and oxygen atoms in total. The summed E-state index contributed by atoms with van der Waals surface area (Å²) in [4.78, 5) is 0. The zero-order chi connectivity index (χ0) is 15.4. The second kappa shape index (κ2) is 13.5. The molecule has 0 saturated carbocycles. The average molecular weight is 328 g/mol. The minimum absolute atomic E-state index is 0. The molecule has 0 heterocycles. The van der Waals surface area contributed by atoms with Gasteiger partial charge in [-0.25, -0.2) is 0 Å². The molecule has 3 N–H and O–H groups in total. The van der Waals surface area contributed by atoms with Gasteiger partial charge in [-0.05, 0) is 30.5 Å². The molecular weight excluding hydrogens is 303 g/mol. The number of unbranched alkanes of at least 4 members (excludes halogenated alkanes) is 5. The van der Waals surface area contributed by atoms with E-state index in [2.05, 4.69) is 6.92 Å². The van der Waals surface area contributed by atoms with Gasteiger partial charge in [-0.1, -0.05) is 51.2 Å². The molecule has 0 aliphatic heterocycles. The van der Waals surface area contributed by atoms with Crippen molar-refractivity contribution in [2.45, 2.75) is 51.9 Å². The Morgan fingerprint density at radius 3 is 1.86 bits per heavy atom. The first-order valence-electron chi connectivity index (χ1n) is 6.80. The molecule has 0 radical (unpaired) electrons. The number of hydrogen-bond acceptors (Lipinski definition) is 3. The molecule has 0 aliphatic rings. The maximum Gasteiger partial charge on any atom is 1.00 e. The van der Waals surface area contributed by atoms with Gasteiger partial charge in [0.2, 0.25) is 0 Å². The van der Waals surface area contributed by atoms with E-state index < -0.39 is 10.4 Å². The van der Waals surface area contributed by atoms with Crippen LogP contribution in [0, 0.1) is 0 Å². The first-order valence-corrected chi connectivity index (χ1v) is 8.20. The molecule has 1 aromatic carbocycles. The van der Waals surface area contributed by atoms with Crippen LogP contribution in [0.3, 0.4) is 0 Å². The summed E-state index contributed by atoms with van der Waals surface area (Å²) in [7, 11) is -4.67. The maximum absolute atomic E-state index is 9.13. The normalized spacial score (nSPS) is 10.2. The van der Waals surface area contributed by atoms with Crippen molar-refractivity contribution in [1.29, 1.82) is 0 Å². The number of hydrogen-bond donors (Lipinski definition) is 3. The number of phenols is 1. The quantitative estimate of drug-likeness (QED) is 0.390. The second-order valence-corrected chi connectivity index (χ2v) is 5.53. The molecule has 0 fully saturated rings. The zero-order valence-corrected chi connectivity index (χ0v) is 15.6. The molecule has 0 spiro atoms. The number of rotatable bonds is 7. The largest absolute Gasteiger partial charge is 1.00 e. The minimum atomic E-state index is -4.67. The Hall–Kier alpha value is -0.110. The van der Waals surface area contributed by atoms with E-state index in [1.807, 2.05) is 12.1 Å². The van der Waals surface area contributed by atoms with E-state index in [0.717, 1.165) is 6.42 Å². The summed E-state index contributed by atoms with van der Waals surface area (Å²) in [6, 6.07) is 7.57. The molecule has 118 valence electrons. The number of phenolic OH excluding ortho intramolecular Hbond substituents is 1. The Morgan fingerprint density at radius 2 is 1.38 bits per heavy atom. The number of aromatic hydroxyl groups is 1. The van der Waals surface area contributed by atoms with Gasteiger partial charge < -0.3 is 6.53 Å². The van der Waals surface area contributed by atoms with E-state index in [1.54, 1.807) is 12.1 Å². The summed E-state index contributed by atoms with van der Waals surface area (Å²) in [6.45, 7) is 2.25. The molecule has 0 atom stereocenters. The summed E-state index contributed by atoms with van der Waals surface area (Å²) >= 11 is 0. The van der Waals surface area contributed by atoms with Crippen molar-refractivity contribution >= 4 is 10.4 Å². The third kappa shape index (κ3) is 19.9. The molecular formula is C14H25NaO5S. The van der Waals surface area contributed by atoms with Crippen LogP contribution in [0.2, 0.25) is 0 Å². The molecule has 7 heteroatoms. The van der Waals surface area contributed by atoms with Crippen molar-refractivity contribution in [3.8, 4) is 5.75 Å². The Labute approximate surface area is 151 Å². The Morgan fingerprint density at radius 1 is 0.952 bits per heavy atom. The topological polar surface area (TPSA) is 94.8 Å². The van der Waals surface area contributed by atoms with Gasteiger partial charge >= 0.3 is 40.0 Å². The van der Waals surface area contributed by atoms with Gasteiger partial charge in [0.25, 0.3) is 0 Å². The third-order valence-corrected chi connectivity index (χ3v) is 2.76. The first kappa shape index (κ1) is 23.2. The molecule has 0 amide bonds. The molecule has 21 heavy (non-hydrogen) atoms. The van der Waals surface area contributed by atoms with Gasteiger partial charge in [-0.15, -0.1) is 0 Å². The Balaban J connectivity index is -0.000000452. The van der Waals surface area contributed by atoms with Crippen LogP contribution in [0.25, 0.3) is 0 Å². The summed E-state index contributed by atoms with van der Waals surface area (Å²) in [5.74, 6) is 0.363. The summed E-state index contributed by atoms with van der Waals surface area (Å²) in [5.41, 5.74) is 1.34. The van der Waals surface area contributed by atoms with Crippen LogP contribution in [0.5, 0.6) is 5.75 Å². The van der Waals surface area contributed by atoms with Crippen LogP contribution in [0.4, 0.5) is 0 Å². The van der Waals surface area contributed by atoms with Crippen LogP contribution in [0.15, 0.2) is 24.3 Å². The van der Waals surface area contributed by atoms with Crippen molar-refractivity contribution in [1.82, 2.24) is 0 Å². The van der Waals surface area contributed by atoms with Crippen LogP contribution < -0.4 is 29.6 Å². The van der Waals surface area contributed by atoms with Crippen LogP contribution >= 0.6 is 0 Å². The van der Waals surface area contributed by atoms with Gasteiger partial charge in [0.1, 0.15) is 5.75 Å². The fourth-order valence-electron chi connectivity index (χ4n) is 1.77. The standard InChI is InChI=1S/C14H22O.Na.H2O4S.H/c1-2-3-4-5-6-7-8-13-9-11-14(15)12-10-13;;1-5(2,3)4;/h9-12,15H,2-8H2,1H3;;(H2,1,2,3,4);/q;+1;;-1. The molecule has 0 saturated heterocycles. The summed E-state index contributed by atoms with van der Waals surface area (Å²) in [6.07, 6.45) is 9.19. The van der Waals surface area contributed by atoms with Crippen molar-refractivity contribution in [3.63, 3.8) is 0 Å². The number of benzene rings is 1. The van der Waals surface area contributed by atoms with E-state index >= 15 is 0 Å². The van der Waals surface area contributed by atoms with Crippen LogP contribution in [0.1, 0.15) is 52.4 Å². The first-order chi connectivity index (χ1) is 9.33. The van der Waals surface area contributed by atoms with Crippen molar-refractivity contribution in [3.05, 3.63) is 29.8 Å². The van der Waals surface area contributed by atoms with Gasteiger partial charge in [0, 0.05) is 0 Å². The third-order valence-electron chi connectivity index (χ3n) is 2.76. The summed E-state index contributed by atoms with van der Waals surface area (Å²) in [5, 5.41) is 9.13. The van der Waals surface area contributed by atoms with Gasteiger partial charge in [0.15, 0.2) is 0 Å². The van der Waals surface area contributed by atoms with E-state index in [-0.39, 0.29) is 31.0 Å². The maximum atomic E-state index is 9.13. The van der Waals surface area contributed by atoms with Gasteiger partial charge in [-0.2, -0.15) is 8.42 Å². The smallest absolute Gasteiger partial charge is 1.00 e. The van der Waals surface area contributed by atoms with Crippen LogP contribution in [-0.4, -0.2) is 22.6 Å². The van der Waals surface area contributed by atoms with Crippen LogP contribution in [-0.2, 0) is 16.8 Å². The minimum Gasteiger partial charge on any atom is -1.00 e. The fourth-order valence-corrected chi connectivity index (χ4v) is 1.77. The number of aryl methyl sites for hydroxylation is 1. The molecule has 1 aromatic rings. The van der Waals surface area contributed by atoms with Crippen molar-refractivity contribution < 1.29 is 53.6 Å². The SMILES string of the molecule is CCCCCCCCc1ccc(O)cc1.O=S(=O)(O)O.[H-].[Na+]. The van der Waals surface area contributed by atoms with E-state index in [0.29, 0.717) is 5.75 Å². The Bertz CT molecular complexity index is 443. The van der Waals surface area contributed by atoms with E-state index in [9.17, 15) is 0 Å². The second-order valence-electron chi connectivity index (χ2n) is 4.63. The molecule has 0 aliphatic carbocycles. The van der Waals surface area contributed by atoms with Crippen molar-refractivity contribution in [2.75, 3.05) is 0 Å². The molecule has 0 aromatic heterocycles. The molecule has 0 bridgehead atoms. The van der Waals surface area contributed by atoms with Gasteiger partial charge in [-0.3, -0.25) is 9.11 Å². The van der Waals surface area contributed by atoms with E-state index in [1.165, 1.54) is 44.1 Å². The van der Waals surface area contributed by atoms with Gasteiger partial charge in [0.05, 0.1) is 0 Å². The predicted octanol–water partition coefficient (Wildman–Crippen LogP) is 0.759. The summed E-state index contributed by atoms with van der Waals surface area (Å²) < 4.78 is 31.6. The van der Waals surface area contributed by atoms with Crippen molar-refractivity contribution in [2.24, 2.45) is 0 Å². The van der Waals surface area contributed by atoms with E-state index in [4.69, 9.17) is 22.6 Å². The predicted molar refractivity (Wildman–Crippen MR) is 80.5 cm³/mol. The molecule has 1 rings (SSSR count). The molecule has 0 unspecified atom stereocenters.